The minimum Gasteiger partial charge on any atom is -0.312 e. The number of carbonyl (C=O) groups excluding carboxylic acids is 2. The van der Waals surface area contributed by atoms with E-state index in [2.05, 4.69) is 10.5 Å². The fourth-order valence-electron chi connectivity index (χ4n) is 2.63. The van der Waals surface area contributed by atoms with E-state index in [1.54, 1.807) is 4.90 Å². The Kier molecular flexibility index (Phi) is 5.09. The number of nitrogens with one attached hydrogen (secondary N) is 1. The van der Waals surface area contributed by atoms with Crippen LogP contribution in [0.15, 0.2) is 53.6 Å². The van der Waals surface area contributed by atoms with Gasteiger partial charge in [0.1, 0.15) is 5.82 Å². The first-order valence-electron chi connectivity index (χ1n) is 7.68. The normalized spacial score (nSPS) is 17.3. The number of rotatable bonds is 4. The van der Waals surface area contributed by atoms with Crippen LogP contribution >= 0.6 is 11.6 Å². The summed E-state index contributed by atoms with van der Waals surface area (Å²) in [6.45, 7) is 0.282. The number of hydrogen-bond acceptors (Lipinski definition) is 3. The largest absolute Gasteiger partial charge is 0.312 e. The molecule has 0 bridgehead atoms. The lowest BCUT2D eigenvalue weighted by atomic mass is 10.1. The summed E-state index contributed by atoms with van der Waals surface area (Å²) in [5.74, 6) is -1.55. The highest BCUT2D eigenvalue weighted by Crippen LogP contribution is 2.24. The summed E-state index contributed by atoms with van der Waals surface area (Å²) in [5, 5.41) is 3.95. The average molecular weight is 360 g/mol. The molecule has 5 nitrogen and oxygen atoms in total. The van der Waals surface area contributed by atoms with Crippen LogP contribution in [0.2, 0.25) is 5.02 Å². The van der Waals surface area contributed by atoms with Crippen molar-refractivity contribution in [1.29, 1.82) is 0 Å². The summed E-state index contributed by atoms with van der Waals surface area (Å²) >= 11 is 5.88. The van der Waals surface area contributed by atoms with Gasteiger partial charge < -0.3 is 4.90 Å². The molecule has 1 atom stereocenters. The molecular weight excluding hydrogens is 345 g/mol. The topological polar surface area (TPSA) is 61.8 Å². The van der Waals surface area contributed by atoms with Crippen LogP contribution < -0.4 is 10.3 Å². The molecule has 1 aliphatic rings. The first-order chi connectivity index (χ1) is 12.1. The highest BCUT2D eigenvalue weighted by atomic mass is 35.5. The number of benzene rings is 2. The Morgan fingerprint density at radius 2 is 2.00 bits per heavy atom. The monoisotopic (exact) mass is 359 g/mol. The van der Waals surface area contributed by atoms with Crippen LogP contribution in [0.4, 0.5) is 10.1 Å². The Hall–Kier alpha value is -2.73. The van der Waals surface area contributed by atoms with Crippen molar-refractivity contribution in [2.24, 2.45) is 11.0 Å². The maximum Gasteiger partial charge on any atom is 0.245 e. The Morgan fingerprint density at radius 3 is 2.72 bits per heavy atom. The standard InChI is InChI=1S/C18H15ClFN3O2/c19-15-7-4-8-16(20)14(15)10-21-22-18(25)12-9-17(24)23(11-12)13-5-2-1-3-6-13/h1-8,10,12H,9,11H2,(H,22,25)/t12-/m1/s1. The molecule has 0 radical (unpaired) electrons. The molecule has 1 N–H and O–H groups in total. The number of amides is 2. The third kappa shape index (κ3) is 3.85. The molecule has 2 aromatic rings. The lowest BCUT2D eigenvalue weighted by Crippen LogP contribution is -2.30. The van der Waals surface area contributed by atoms with Gasteiger partial charge in [-0.25, -0.2) is 9.82 Å². The Labute approximate surface area is 149 Å². The molecular formula is C18H15ClFN3O2. The van der Waals surface area contributed by atoms with Crippen LogP contribution in [0, 0.1) is 11.7 Å². The molecule has 1 heterocycles. The molecule has 3 rings (SSSR count). The number of hydrogen-bond donors (Lipinski definition) is 1. The van der Waals surface area contributed by atoms with Crippen molar-refractivity contribution < 1.29 is 14.0 Å². The van der Waals surface area contributed by atoms with E-state index in [0.717, 1.165) is 11.9 Å². The van der Waals surface area contributed by atoms with Gasteiger partial charge in [-0.05, 0) is 24.3 Å². The molecule has 1 aliphatic heterocycles. The quantitative estimate of drug-likeness (QED) is 0.674. The van der Waals surface area contributed by atoms with E-state index >= 15 is 0 Å². The summed E-state index contributed by atoms with van der Waals surface area (Å²) in [7, 11) is 0. The van der Waals surface area contributed by atoms with Crippen LogP contribution in [0.5, 0.6) is 0 Å². The van der Waals surface area contributed by atoms with E-state index in [1.807, 2.05) is 30.3 Å². The molecule has 0 aromatic heterocycles. The van der Waals surface area contributed by atoms with Crippen LogP contribution in [0.3, 0.4) is 0 Å². The van der Waals surface area contributed by atoms with Gasteiger partial charge >= 0.3 is 0 Å². The predicted octanol–water partition coefficient (Wildman–Crippen LogP) is 2.98. The lowest BCUT2D eigenvalue weighted by Gasteiger charge is -2.16. The second kappa shape index (κ2) is 7.44. The number of halogens is 2. The van der Waals surface area contributed by atoms with Gasteiger partial charge in [-0.3, -0.25) is 9.59 Å². The summed E-state index contributed by atoms with van der Waals surface area (Å²) in [6.07, 6.45) is 1.26. The van der Waals surface area contributed by atoms with Gasteiger partial charge in [0.2, 0.25) is 11.8 Å². The van der Waals surface area contributed by atoms with E-state index in [4.69, 9.17) is 11.6 Å². The average Bonchev–Trinajstić information content (AvgIpc) is 3.00. The van der Waals surface area contributed by atoms with Gasteiger partial charge in [-0.1, -0.05) is 35.9 Å². The molecule has 0 saturated carbocycles. The second-order valence-electron chi connectivity index (χ2n) is 5.61. The molecule has 128 valence electrons. The smallest absolute Gasteiger partial charge is 0.245 e. The van der Waals surface area contributed by atoms with Crippen molar-refractivity contribution in [2.45, 2.75) is 6.42 Å². The zero-order chi connectivity index (χ0) is 17.8. The third-order valence-corrected chi connectivity index (χ3v) is 4.26. The van der Waals surface area contributed by atoms with E-state index < -0.39 is 17.6 Å². The number of anilines is 1. The van der Waals surface area contributed by atoms with Gasteiger partial charge in [-0.2, -0.15) is 5.10 Å². The summed E-state index contributed by atoms with van der Waals surface area (Å²) in [6, 6.07) is 13.4. The first kappa shape index (κ1) is 17.1. The number of hydrazone groups is 1. The van der Waals surface area contributed by atoms with Crippen LogP contribution in [-0.4, -0.2) is 24.6 Å². The van der Waals surface area contributed by atoms with Crippen LogP contribution in [0.1, 0.15) is 12.0 Å². The Balaban J connectivity index is 1.63. The maximum absolute atomic E-state index is 13.6. The second-order valence-corrected chi connectivity index (χ2v) is 6.02. The lowest BCUT2D eigenvalue weighted by molar-refractivity contribution is -0.126. The zero-order valence-corrected chi connectivity index (χ0v) is 13.9. The number of carbonyl (C=O) groups is 2. The van der Waals surface area contributed by atoms with Crippen LogP contribution in [0.25, 0.3) is 0 Å². The molecule has 2 amide bonds. The van der Waals surface area contributed by atoms with Crippen molar-refractivity contribution >= 4 is 35.3 Å². The van der Waals surface area contributed by atoms with Gasteiger partial charge in [-0.15, -0.1) is 0 Å². The third-order valence-electron chi connectivity index (χ3n) is 3.93. The Morgan fingerprint density at radius 1 is 1.24 bits per heavy atom. The van der Waals surface area contributed by atoms with Crippen molar-refractivity contribution in [2.75, 3.05) is 11.4 Å². The van der Waals surface area contributed by atoms with Crippen molar-refractivity contribution in [3.63, 3.8) is 0 Å². The molecule has 1 saturated heterocycles. The molecule has 0 aliphatic carbocycles. The predicted molar refractivity (Wildman–Crippen MR) is 94.0 cm³/mol. The highest BCUT2D eigenvalue weighted by molar-refractivity contribution is 6.33. The number of nitrogens with zero attached hydrogens (tertiary/aromatic N) is 2. The van der Waals surface area contributed by atoms with Crippen LogP contribution in [-0.2, 0) is 9.59 Å². The fraction of sp³-hybridized carbons (Fsp3) is 0.167. The molecule has 0 spiro atoms. The zero-order valence-electron chi connectivity index (χ0n) is 13.2. The highest BCUT2D eigenvalue weighted by Gasteiger charge is 2.35. The van der Waals surface area contributed by atoms with Gasteiger partial charge in [0.15, 0.2) is 0 Å². The van der Waals surface area contributed by atoms with E-state index in [0.29, 0.717) is 0 Å². The van der Waals surface area contributed by atoms with Crippen molar-refractivity contribution in [3.05, 3.63) is 64.9 Å². The van der Waals surface area contributed by atoms with Gasteiger partial charge in [0, 0.05) is 24.2 Å². The van der Waals surface area contributed by atoms with E-state index in [-0.39, 0.29) is 29.5 Å². The minimum atomic E-state index is -0.531. The van der Waals surface area contributed by atoms with E-state index in [1.165, 1.54) is 18.2 Å². The summed E-state index contributed by atoms with van der Waals surface area (Å²) < 4.78 is 13.6. The fourth-order valence-corrected chi connectivity index (χ4v) is 2.84. The van der Waals surface area contributed by atoms with Gasteiger partial charge in [0.25, 0.3) is 0 Å². The Bertz CT molecular complexity index is 806. The minimum absolute atomic E-state index is 0.0953. The summed E-state index contributed by atoms with van der Waals surface area (Å²) in [4.78, 5) is 25.9. The molecule has 7 heteroatoms. The van der Waals surface area contributed by atoms with E-state index in [9.17, 15) is 14.0 Å². The molecule has 25 heavy (non-hydrogen) atoms. The SMILES string of the molecule is O=C(NN=Cc1c(F)cccc1Cl)[C@@H]1CC(=O)N(c2ccccc2)C1. The molecule has 1 fully saturated rings. The van der Waals surface area contributed by atoms with Crippen molar-refractivity contribution in [1.82, 2.24) is 5.43 Å². The maximum atomic E-state index is 13.6. The molecule has 2 aromatic carbocycles. The number of para-hydroxylation sites is 1. The van der Waals surface area contributed by atoms with Crippen molar-refractivity contribution in [3.8, 4) is 0 Å². The van der Waals surface area contributed by atoms with Gasteiger partial charge in [0.05, 0.1) is 17.2 Å². The summed E-state index contributed by atoms with van der Waals surface area (Å²) in [5.41, 5.74) is 3.20. The first-order valence-corrected chi connectivity index (χ1v) is 8.06. The molecule has 0 unspecified atom stereocenters.